The van der Waals surface area contributed by atoms with Gasteiger partial charge in [0, 0.05) is 37.2 Å². The third kappa shape index (κ3) is 3.05. The molecule has 1 aromatic carbocycles. The van der Waals surface area contributed by atoms with E-state index in [0.29, 0.717) is 0 Å². The number of pyridine rings is 1. The van der Waals surface area contributed by atoms with Crippen molar-refractivity contribution in [3.05, 3.63) is 48.8 Å². The van der Waals surface area contributed by atoms with Gasteiger partial charge in [0.25, 0.3) is 0 Å². The second-order valence-electron chi connectivity index (χ2n) is 4.83. The molecule has 0 unspecified atom stereocenters. The minimum absolute atomic E-state index is 0.825. The molecule has 2 aromatic rings. The molecule has 0 spiro atoms. The molecule has 0 saturated carbocycles. The second-order valence-corrected chi connectivity index (χ2v) is 4.83. The number of benzene rings is 1. The lowest BCUT2D eigenvalue weighted by Gasteiger charge is -2.29. The fourth-order valence-electron chi connectivity index (χ4n) is 2.44. The largest absolute Gasteiger partial charge is 0.457 e. The highest BCUT2D eigenvalue weighted by atomic mass is 16.5. The molecule has 2 heterocycles. The molecule has 1 aromatic heterocycles. The van der Waals surface area contributed by atoms with Crippen LogP contribution in [0, 0.1) is 0 Å². The Bertz CT molecular complexity index is 521. The van der Waals surface area contributed by atoms with E-state index in [2.05, 4.69) is 28.1 Å². The molecule has 0 atom stereocenters. The predicted molar refractivity (Wildman–Crippen MR) is 76.8 cm³/mol. The third-order valence-corrected chi connectivity index (χ3v) is 3.42. The Morgan fingerprint density at radius 3 is 2.47 bits per heavy atom. The predicted octanol–water partition coefficient (Wildman–Crippen LogP) is 3.86. The number of hydrogen-bond donors (Lipinski definition) is 0. The summed E-state index contributed by atoms with van der Waals surface area (Å²) < 4.78 is 5.84. The van der Waals surface area contributed by atoms with Crippen molar-refractivity contribution in [1.29, 1.82) is 0 Å². The van der Waals surface area contributed by atoms with E-state index in [4.69, 9.17) is 4.74 Å². The number of nitrogens with zero attached hydrogens (tertiary/aromatic N) is 2. The zero-order chi connectivity index (χ0) is 12.9. The van der Waals surface area contributed by atoms with Crippen LogP contribution in [0.4, 0.5) is 5.69 Å². The van der Waals surface area contributed by atoms with Gasteiger partial charge in [0.05, 0.1) is 0 Å². The van der Waals surface area contributed by atoms with E-state index in [1.165, 1.54) is 24.9 Å². The van der Waals surface area contributed by atoms with E-state index in [1.54, 1.807) is 12.4 Å². The summed E-state index contributed by atoms with van der Waals surface area (Å²) in [6.45, 7) is 2.30. The first-order valence-electron chi connectivity index (χ1n) is 6.85. The van der Waals surface area contributed by atoms with Crippen molar-refractivity contribution >= 4 is 5.69 Å². The Morgan fingerprint density at radius 2 is 1.68 bits per heavy atom. The SMILES string of the molecule is c1cc(Oc2ccncc2)cc(N2CCCCC2)c1. The van der Waals surface area contributed by atoms with Crippen LogP contribution in [-0.4, -0.2) is 18.1 Å². The standard InChI is InChI=1S/C16H18N2O/c1-2-11-18(12-3-1)14-5-4-6-16(13-14)19-15-7-9-17-10-8-15/h4-10,13H,1-3,11-12H2. The molecule has 3 nitrogen and oxygen atoms in total. The van der Waals surface area contributed by atoms with Gasteiger partial charge in [-0.1, -0.05) is 6.07 Å². The summed E-state index contributed by atoms with van der Waals surface area (Å²) in [7, 11) is 0. The van der Waals surface area contributed by atoms with Crippen LogP contribution in [0.25, 0.3) is 0 Å². The zero-order valence-electron chi connectivity index (χ0n) is 11.0. The smallest absolute Gasteiger partial charge is 0.130 e. The van der Waals surface area contributed by atoms with Gasteiger partial charge in [-0.25, -0.2) is 0 Å². The minimum Gasteiger partial charge on any atom is -0.457 e. The van der Waals surface area contributed by atoms with E-state index in [9.17, 15) is 0 Å². The number of piperidine rings is 1. The summed E-state index contributed by atoms with van der Waals surface area (Å²) in [6.07, 6.45) is 7.40. The number of ether oxygens (including phenoxy) is 1. The summed E-state index contributed by atoms with van der Waals surface area (Å²) in [5, 5.41) is 0. The maximum absolute atomic E-state index is 5.84. The van der Waals surface area contributed by atoms with Gasteiger partial charge < -0.3 is 9.64 Å². The highest BCUT2D eigenvalue weighted by Gasteiger charge is 2.11. The molecular formula is C16H18N2O. The van der Waals surface area contributed by atoms with Crippen molar-refractivity contribution in [1.82, 2.24) is 4.98 Å². The lowest BCUT2D eigenvalue weighted by molar-refractivity contribution is 0.481. The molecule has 1 aliphatic heterocycles. The average molecular weight is 254 g/mol. The Hall–Kier alpha value is -2.03. The van der Waals surface area contributed by atoms with Gasteiger partial charge >= 0.3 is 0 Å². The van der Waals surface area contributed by atoms with Crippen molar-refractivity contribution in [2.75, 3.05) is 18.0 Å². The molecule has 0 aliphatic carbocycles. The van der Waals surface area contributed by atoms with E-state index < -0.39 is 0 Å². The molecule has 98 valence electrons. The van der Waals surface area contributed by atoms with Crippen molar-refractivity contribution in [3.8, 4) is 11.5 Å². The molecule has 0 radical (unpaired) electrons. The van der Waals surface area contributed by atoms with Gasteiger partial charge in [-0.05, 0) is 43.5 Å². The van der Waals surface area contributed by atoms with E-state index in [-0.39, 0.29) is 0 Å². The number of hydrogen-bond acceptors (Lipinski definition) is 3. The lowest BCUT2D eigenvalue weighted by atomic mass is 10.1. The van der Waals surface area contributed by atoms with Crippen molar-refractivity contribution in [2.24, 2.45) is 0 Å². The molecule has 19 heavy (non-hydrogen) atoms. The topological polar surface area (TPSA) is 25.4 Å². The van der Waals surface area contributed by atoms with Crippen LogP contribution >= 0.6 is 0 Å². The third-order valence-electron chi connectivity index (χ3n) is 3.42. The van der Waals surface area contributed by atoms with Gasteiger partial charge in [0.1, 0.15) is 11.5 Å². The van der Waals surface area contributed by atoms with Gasteiger partial charge in [-0.2, -0.15) is 0 Å². The molecule has 1 saturated heterocycles. The van der Waals surface area contributed by atoms with Gasteiger partial charge in [-0.3, -0.25) is 4.98 Å². The number of anilines is 1. The van der Waals surface area contributed by atoms with Gasteiger partial charge in [0.2, 0.25) is 0 Å². The number of rotatable bonds is 3. The summed E-state index contributed by atoms with van der Waals surface area (Å²) in [5.74, 6) is 1.71. The first-order valence-corrected chi connectivity index (χ1v) is 6.85. The van der Waals surface area contributed by atoms with Gasteiger partial charge in [0.15, 0.2) is 0 Å². The molecule has 0 bridgehead atoms. The summed E-state index contributed by atoms with van der Waals surface area (Å²) in [4.78, 5) is 6.42. The van der Waals surface area contributed by atoms with Crippen LogP contribution in [0.3, 0.4) is 0 Å². The quantitative estimate of drug-likeness (QED) is 0.831. The lowest BCUT2D eigenvalue weighted by Crippen LogP contribution is -2.29. The van der Waals surface area contributed by atoms with Crippen molar-refractivity contribution < 1.29 is 4.74 Å². The van der Waals surface area contributed by atoms with Crippen molar-refractivity contribution in [2.45, 2.75) is 19.3 Å². The molecule has 3 heteroatoms. The molecule has 3 rings (SSSR count). The Morgan fingerprint density at radius 1 is 0.895 bits per heavy atom. The number of aromatic nitrogens is 1. The van der Waals surface area contributed by atoms with Gasteiger partial charge in [-0.15, -0.1) is 0 Å². The summed E-state index contributed by atoms with van der Waals surface area (Å²) in [6, 6.07) is 12.1. The molecule has 1 fully saturated rings. The maximum Gasteiger partial charge on any atom is 0.130 e. The second kappa shape index (κ2) is 5.74. The molecule has 1 aliphatic rings. The highest BCUT2D eigenvalue weighted by molar-refractivity contribution is 5.51. The fraction of sp³-hybridized carbons (Fsp3) is 0.312. The Labute approximate surface area is 113 Å². The van der Waals surface area contributed by atoms with Crippen LogP contribution in [0.2, 0.25) is 0 Å². The van der Waals surface area contributed by atoms with Crippen LogP contribution in [0.5, 0.6) is 11.5 Å². The van der Waals surface area contributed by atoms with Crippen LogP contribution < -0.4 is 9.64 Å². The first kappa shape index (κ1) is 12.0. The van der Waals surface area contributed by atoms with Crippen molar-refractivity contribution in [3.63, 3.8) is 0 Å². The summed E-state index contributed by atoms with van der Waals surface area (Å²) >= 11 is 0. The van der Waals surface area contributed by atoms with E-state index in [0.717, 1.165) is 24.6 Å². The molecular weight excluding hydrogens is 236 g/mol. The molecule has 0 N–H and O–H groups in total. The zero-order valence-corrected chi connectivity index (χ0v) is 11.0. The van der Waals surface area contributed by atoms with Crippen LogP contribution in [0.1, 0.15) is 19.3 Å². The van der Waals surface area contributed by atoms with E-state index >= 15 is 0 Å². The average Bonchev–Trinajstić information content (AvgIpc) is 2.49. The Balaban J connectivity index is 1.76. The molecule has 0 amide bonds. The Kier molecular flexibility index (Phi) is 3.63. The minimum atomic E-state index is 0.825. The van der Waals surface area contributed by atoms with Crippen LogP contribution in [0.15, 0.2) is 48.8 Å². The van der Waals surface area contributed by atoms with Crippen LogP contribution in [-0.2, 0) is 0 Å². The maximum atomic E-state index is 5.84. The highest BCUT2D eigenvalue weighted by Crippen LogP contribution is 2.27. The van der Waals surface area contributed by atoms with E-state index in [1.807, 2.05) is 18.2 Å². The monoisotopic (exact) mass is 254 g/mol. The summed E-state index contributed by atoms with van der Waals surface area (Å²) in [5.41, 5.74) is 1.26. The first-order chi connectivity index (χ1) is 9.42. The normalized spacial score (nSPS) is 15.3. The fourth-order valence-corrected chi connectivity index (χ4v) is 2.44.